The molecule has 176 valence electrons. The lowest BCUT2D eigenvalue weighted by molar-refractivity contribution is -0.142. The topological polar surface area (TPSA) is 58.6 Å². The van der Waals surface area contributed by atoms with Gasteiger partial charge in [-0.15, -0.1) is 0 Å². The van der Waals surface area contributed by atoms with Crippen molar-refractivity contribution in [2.24, 2.45) is 5.92 Å². The molecule has 1 aliphatic carbocycles. The van der Waals surface area contributed by atoms with Crippen LogP contribution in [-0.4, -0.2) is 40.0 Å². The first-order chi connectivity index (χ1) is 16.4. The number of nitrogens with zero attached hydrogens (tertiary/aromatic N) is 1. The highest BCUT2D eigenvalue weighted by molar-refractivity contribution is 5.97. The lowest BCUT2D eigenvalue weighted by Crippen LogP contribution is -2.56. The maximum absolute atomic E-state index is 14.2. The van der Waals surface area contributed by atoms with Crippen LogP contribution >= 0.6 is 0 Å². The molecule has 5 nitrogen and oxygen atoms in total. The first-order valence-electron chi connectivity index (χ1n) is 12.5. The minimum absolute atomic E-state index is 0.00840. The fourth-order valence-electron chi connectivity index (χ4n) is 6.81. The number of hydrogen-bond donors (Lipinski definition) is 1. The molecular formula is C29H32N2O3. The van der Waals surface area contributed by atoms with Gasteiger partial charge in [-0.3, -0.25) is 9.59 Å². The highest BCUT2D eigenvalue weighted by Crippen LogP contribution is 2.63. The van der Waals surface area contributed by atoms with Gasteiger partial charge in [-0.05, 0) is 37.8 Å². The zero-order valence-electron chi connectivity index (χ0n) is 19.9. The molecule has 0 radical (unpaired) electrons. The molecule has 3 heterocycles. The standard InChI is InChI=1S/C29H32N2O3/c1-19-12-14-20(15-13-19)18-31-25(26(32)30-22-10-6-7-11-22)29-17-16-28(2,34-29)23(24(29)27(31)33)21-8-4-3-5-9-21/h3-5,8-9,12-17,22-25H,6-7,10-11,18H2,1-2H3,(H,30,32)/t23-,24-,25?,28+,29-/m0/s1. The van der Waals surface area contributed by atoms with Crippen molar-refractivity contribution in [1.29, 1.82) is 0 Å². The highest BCUT2D eigenvalue weighted by Gasteiger charge is 2.74. The zero-order valence-corrected chi connectivity index (χ0v) is 19.9. The Morgan fingerprint density at radius 3 is 2.44 bits per heavy atom. The summed E-state index contributed by atoms with van der Waals surface area (Å²) in [5, 5.41) is 3.28. The van der Waals surface area contributed by atoms with Gasteiger partial charge in [0.25, 0.3) is 0 Å². The number of carbonyl (C=O) groups is 2. The fourth-order valence-corrected chi connectivity index (χ4v) is 6.81. The molecule has 2 aromatic carbocycles. The van der Waals surface area contributed by atoms with Crippen LogP contribution in [0.2, 0.25) is 0 Å². The minimum Gasteiger partial charge on any atom is -0.356 e. The van der Waals surface area contributed by atoms with Gasteiger partial charge in [0.15, 0.2) is 0 Å². The van der Waals surface area contributed by atoms with Gasteiger partial charge in [0.1, 0.15) is 11.6 Å². The van der Waals surface area contributed by atoms with E-state index in [0.717, 1.165) is 36.8 Å². The quantitative estimate of drug-likeness (QED) is 0.684. The van der Waals surface area contributed by atoms with E-state index >= 15 is 0 Å². The van der Waals surface area contributed by atoms with Crippen molar-refractivity contribution in [3.8, 4) is 0 Å². The van der Waals surface area contributed by atoms with Gasteiger partial charge in [0.2, 0.25) is 11.8 Å². The molecule has 6 rings (SSSR count). The van der Waals surface area contributed by atoms with Crippen LogP contribution in [0.5, 0.6) is 0 Å². The summed E-state index contributed by atoms with van der Waals surface area (Å²) in [5.74, 6) is -0.628. The maximum atomic E-state index is 14.2. The Bertz CT molecular complexity index is 1140. The average Bonchev–Trinajstić information content (AvgIpc) is 3.56. The largest absolute Gasteiger partial charge is 0.356 e. The summed E-state index contributed by atoms with van der Waals surface area (Å²) in [5.41, 5.74) is 1.73. The lowest BCUT2D eigenvalue weighted by Gasteiger charge is -2.34. The highest BCUT2D eigenvalue weighted by atomic mass is 16.5. The number of aryl methyl sites for hydroxylation is 1. The molecular weight excluding hydrogens is 424 g/mol. The molecule has 1 saturated carbocycles. The summed E-state index contributed by atoms with van der Waals surface area (Å²) in [6.07, 6.45) is 8.38. The second-order valence-corrected chi connectivity index (χ2v) is 10.7. The summed E-state index contributed by atoms with van der Waals surface area (Å²) < 4.78 is 6.76. The van der Waals surface area contributed by atoms with Crippen LogP contribution in [0, 0.1) is 12.8 Å². The van der Waals surface area contributed by atoms with Crippen LogP contribution in [0.15, 0.2) is 66.7 Å². The third-order valence-electron chi connectivity index (χ3n) is 8.38. The summed E-state index contributed by atoms with van der Waals surface area (Å²) in [4.78, 5) is 29.8. The van der Waals surface area contributed by atoms with E-state index in [4.69, 9.17) is 4.74 Å². The van der Waals surface area contributed by atoms with Crippen molar-refractivity contribution in [3.05, 3.63) is 83.4 Å². The van der Waals surface area contributed by atoms with Crippen molar-refractivity contribution in [1.82, 2.24) is 10.2 Å². The van der Waals surface area contributed by atoms with Crippen LogP contribution < -0.4 is 5.32 Å². The Kier molecular flexibility index (Phi) is 4.96. The third-order valence-corrected chi connectivity index (χ3v) is 8.38. The number of nitrogens with one attached hydrogen (secondary N) is 1. The van der Waals surface area contributed by atoms with E-state index in [9.17, 15) is 9.59 Å². The van der Waals surface area contributed by atoms with Crippen molar-refractivity contribution < 1.29 is 14.3 Å². The number of fused-ring (bicyclic) bond motifs is 1. The summed E-state index contributed by atoms with van der Waals surface area (Å²) in [6.45, 7) is 4.50. The number of carbonyl (C=O) groups excluding carboxylic acids is 2. The number of ether oxygens (including phenoxy) is 1. The number of likely N-dealkylation sites (tertiary alicyclic amines) is 1. The fraction of sp³-hybridized carbons (Fsp3) is 0.448. The van der Waals surface area contributed by atoms with E-state index in [0.29, 0.717) is 6.54 Å². The van der Waals surface area contributed by atoms with Crippen molar-refractivity contribution in [2.75, 3.05) is 0 Å². The monoisotopic (exact) mass is 456 g/mol. The second-order valence-electron chi connectivity index (χ2n) is 10.7. The minimum atomic E-state index is -0.945. The van der Waals surface area contributed by atoms with Crippen molar-refractivity contribution >= 4 is 11.8 Å². The van der Waals surface area contributed by atoms with E-state index in [1.807, 2.05) is 36.4 Å². The normalized spacial score (nSPS) is 34.1. The van der Waals surface area contributed by atoms with E-state index in [1.165, 1.54) is 5.56 Å². The van der Waals surface area contributed by atoms with E-state index in [2.05, 4.69) is 49.5 Å². The molecule has 2 amide bonds. The second kappa shape index (κ2) is 7.81. The maximum Gasteiger partial charge on any atom is 0.246 e. The van der Waals surface area contributed by atoms with Crippen LogP contribution in [0.4, 0.5) is 0 Å². The van der Waals surface area contributed by atoms with E-state index in [-0.39, 0.29) is 23.8 Å². The number of benzene rings is 2. The number of hydrogen-bond acceptors (Lipinski definition) is 3. The van der Waals surface area contributed by atoms with Gasteiger partial charge in [-0.25, -0.2) is 0 Å². The van der Waals surface area contributed by atoms with Gasteiger partial charge in [0.05, 0.1) is 11.5 Å². The zero-order chi connectivity index (χ0) is 23.5. The van der Waals surface area contributed by atoms with Gasteiger partial charge >= 0.3 is 0 Å². The molecule has 5 atom stereocenters. The molecule has 2 saturated heterocycles. The molecule has 3 aliphatic heterocycles. The van der Waals surface area contributed by atoms with Crippen molar-refractivity contribution in [2.45, 2.75) is 75.3 Å². The molecule has 3 fully saturated rings. The number of rotatable bonds is 5. The van der Waals surface area contributed by atoms with Crippen LogP contribution in [0.1, 0.15) is 55.2 Å². The van der Waals surface area contributed by atoms with Crippen LogP contribution in [0.3, 0.4) is 0 Å². The van der Waals surface area contributed by atoms with Crippen LogP contribution in [0.25, 0.3) is 0 Å². The third kappa shape index (κ3) is 3.17. The predicted molar refractivity (Wildman–Crippen MR) is 130 cm³/mol. The predicted octanol–water partition coefficient (Wildman–Crippen LogP) is 4.26. The SMILES string of the molecule is Cc1ccc(CN2C(=O)[C@@H]3[C@H](c4ccccc4)[C@@]4(C)C=C[C@@]3(O4)C2C(=O)NC2CCCC2)cc1. The Hall–Kier alpha value is -2.92. The smallest absolute Gasteiger partial charge is 0.246 e. The summed E-state index contributed by atoms with van der Waals surface area (Å²) in [6, 6.07) is 17.9. The Balaban J connectivity index is 1.41. The van der Waals surface area contributed by atoms with E-state index < -0.39 is 23.2 Å². The molecule has 1 spiro atoms. The van der Waals surface area contributed by atoms with Gasteiger partial charge in [0, 0.05) is 18.5 Å². The van der Waals surface area contributed by atoms with Gasteiger partial charge in [-0.2, -0.15) is 0 Å². The first-order valence-corrected chi connectivity index (χ1v) is 12.5. The Morgan fingerprint density at radius 1 is 1.03 bits per heavy atom. The molecule has 1 N–H and O–H groups in total. The molecule has 2 bridgehead atoms. The molecule has 0 aromatic heterocycles. The number of amides is 2. The van der Waals surface area contributed by atoms with Gasteiger partial charge < -0.3 is 15.0 Å². The Morgan fingerprint density at radius 2 is 1.74 bits per heavy atom. The molecule has 2 aromatic rings. The molecule has 34 heavy (non-hydrogen) atoms. The summed E-state index contributed by atoms with van der Waals surface area (Å²) in [7, 11) is 0. The molecule has 5 heteroatoms. The van der Waals surface area contributed by atoms with Crippen LogP contribution in [-0.2, 0) is 20.9 Å². The lowest BCUT2D eigenvalue weighted by atomic mass is 9.68. The molecule has 4 aliphatic rings. The first kappa shape index (κ1) is 21.6. The molecule has 1 unspecified atom stereocenters. The Labute approximate surface area is 201 Å². The van der Waals surface area contributed by atoms with E-state index in [1.54, 1.807) is 4.90 Å². The summed E-state index contributed by atoms with van der Waals surface area (Å²) >= 11 is 0. The van der Waals surface area contributed by atoms with Crippen molar-refractivity contribution in [3.63, 3.8) is 0 Å². The van der Waals surface area contributed by atoms with Gasteiger partial charge in [-0.1, -0.05) is 85.2 Å². The average molecular weight is 457 g/mol.